The van der Waals surface area contributed by atoms with Gasteiger partial charge in [0, 0.05) is 42.4 Å². The fraction of sp³-hybridized carbons (Fsp3) is 0.750. The lowest BCUT2D eigenvalue weighted by atomic mass is 10.2. The van der Waals surface area contributed by atoms with Crippen LogP contribution in [0.5, 0.6) is 0 Å². The molecule has 1 aromatic rings. The Morgan fingerprint density at radius 1 is 1.50 bits per heavy atom. The zero-order valence-electron chi connectivity index (χ0n) is 10.5. The molecule has 4 heteroatoms. The van der Waals surface area contributed by atoms with Crippen LogP contribution in [0.15, 0.2) is 12.4 Å². The molecule has 0 fully saturated rings. The number of imidazole rings is 1. The molecule has 0 saturated heterocycles. The number of hydrogen-bond acceptors (Lipinski definition) is 3. The van der Waals surface area contributed by atoms with Crippen molar-refractivity contribution in [1.82, 2.24) is 9.55 Å². The van der Waals surface area contributed by atoms with Gasteiger partial charge in [0.15, 0.2) is 0 Å². The molecular formula is C12H23N3S. The molecule has 0 radical (unpaired) electrons. The molecule has 1 heterocycles. The fourth-order valence-electron chi connectivity index (χ4n) is 1.52. The van der Waals surface area contributed by atoms with E-state index in [9.17, 15) is 0 Å². The molecule has 0 aliphatic heterocycles. The van der Waals surface area contributed by atoms with Crippen molar-refractivity contribution in [2.45, 2.75) is 51.4 Å². The van der Waals surface area contributed by atoms with E-state index in [1.165, 1.54) is 6.42 Å². The Morgan fingerprint density at radius 2 is 2.25 bits per heavy atom. The van der Waals surface area contributed by atoms with Crippen LogP contribution < -0.4 is 5.73 Å². The molecule has 2 unspecified atom stereocenters. The number of rotatable bonds is 7. The summed E-state index contributed by atoms with van der Waals surface area (Å²) in [7, 11) is 0. The SMILES string of the molecule is CCC(C)SCC(N)Cc1nccn1CC. The van der Waals surface area contributed by atoms with Gasteiger partial charge in [-0.25, -0.2) is 4.98 Å². The van der Waals surface area contributed by atoms with E-state index in [-0.39, 0.29) is 6.04 Å². The highest BCUT2D eigenvalue weighted by Crippen LogP contribution is 2.15. The van der Waals surface area contributed by atoms with Crippen LogP contribution in [0.4, 0.5) is 0 Å². The van der Waals surface area contributed by atoms with E-state index in [0.29, 0.717) is 5.25 Å². The second-order valence-corrected chi connectivity index (χ2v) is 5.62. The standard InChI is InChI=1S/C12H23N3S/c1-4-10(3)16-9-11(13)8-12-14-6-7-15(12)5-2/h6-7,10-11H,4-5,8-9,13H2,1-3H3. The molecule has 1 aromatic heterocycles. The smallest absolute Gasteiger partial charge is 0.110 e. The topological polar surface area (TPSA) is 43.8 Å². The number of aryl methyl sites for hydroxylation is 1. The number of thioether (sulfide) groups is 1. The first-order chi connectivity index (χ1) is 7.67. The molecule has 0 amide bonds. The maximum Gasteiger partial charge on any atom is 0.110 e. The van der Waals surface area contributed by atoms with Crippen molar-refractivity contribution >= 4 is 11.8 Å². The van der Waals surface area contributed by atoms with Crippen molar-refractivity contribution in [2.24, 2.45) is 5.73 Å². The van der Waals surface area contributed by atoms with Crippen LogP contribution in [0.2, 0.25) is 0 Å². The summed E-state index contributed by atoms with van der Waals surface area (Å²) < 4.78 is 2.16. The van der Waals surface area contributed by atoms with Gasteiger partial charge in [0.25, 0.3) is 0 Å². The minimum absolute atomic E-state index is 0.215. The molecule has 2 N–H and O–H groups in total. The first-order valence-corrected chi connectivity index (χ1v) is 7.09. The quantitative estimate of drug-likeness (QED) is 0.796. The Morgan fingerprint density at radius 3 is 2.88 bits per heavy atom. The molecule has 3 nitrogen and oxygen atoms in total. The molecule has 16 heavy (non-hydrogen) atoms. The van der Waals surface area contributed by atoms with Crippen LogP contribution in [0, 0.1) is 0 Å². The average molecular weight is 241 g/mol. The van der Waals surface area contributed by atoms with Crippen LogP contribution in [0.3, 0.4) is 0 Å². The summed E-state index contributed by atoms with van der Waals surface area (Å²) in [5, 5.41) is 0.706. The van der Waals surface area contributed by atoms with Gasteiger partial charge in [0.1, 0.15) is 5.82 Å². The maximum absolute atomic E-state index is 6.12. The summed E-state index contributed by atoms with van der Waals surface area (Å²) in [5.41, 5.74) is 6.12. The van der Waals surface area contributed by atoms with E-state index >= 15 is 0 Å². The summed E-state index contributed by atoms with van der Waals surface area (Å²) in [4.78, 5) is 4.35. The van der Waals surface area contributed by atoms with Crippen LogP contribution in [-0.4, -0.2) is 26.6 Å². The van der Waals surface area contributed by atoms with Gasteiger partial charge in [-0.3, -0.25) is 0 Å². The van der Waals surface area contributed by atoms with E-state index < -0.39 is 0 Å². The van der Waals surface area contributed by atoms with E-state index in [1.54, 1.807) is 0 Å². The van der Waals surface area contributed by atoms with Gasteiger partial charge >= 0.3 is 0 Å². The van der Waals surface area contributed by atoms with Gasteiger partial charge in [0.05, 0.1) is 0 Å². The molecule has 0 aliphatic rings. The number of aromatic nitrogens is 2. The lowest BCUT2D eigenvalue weighted by molar-refractivity contribution is 0.640. The summed E-state index contributed by atoms with van der Waals surface area (Å²) in [6.45, 7) is 7.57. The van der Waals surface area contributed by atoms with E-state index in [2.05, 4.69) is 30.3 Å². The fourth-order valence-corrected chi connectivity index (χ4v) is 2.45. The molecule has 2 atom stereocenters. The van der Waals surface area contributed by atoms with E-state index in [0.717, 1.165) is 24.5 Å². The maximum atomic E-state index is 6.12. The van der Waals surface area contributed by atoms with E-state index in [4.69, 9.17) is 5.73 Å². The van der Waals surface area contributed by atoms with Crippen molar-refractivity contribution < 1.29 is 0 Å². The average Bonchev–Trinajstić information content (AvgIpc) is 2.73. The number of nitrogens with two attached hydrogens (primary N) is 1. The number of nitrogens with zero attached hydrogens (tertiary/aromatic N) is 2. The third kappa shape index (κ3) is 4.18. The highest BCUT2D eigenvalue weighted by molar-refractivity contribution is 7.99. The molecule has 0 bridgehead atoms. The Balaban J connectivity index is 2.36. The summed E-state index contributed by atoms with van der Waals surface area (Å²) >= 11 is 1.96. The highest BCUT2D eigenvalue weighted by Gasteiger charge is 2.10. The molecule has 92 valence electrons. The minimum Gasteiger partial charge on any atom is -0.335 e. The van der Waals surface area contributed by atoms with Crippen LogP contribution in [0.25, 0.3) is 0 Å². The predicted molar refractivity (Wildman–Crippen MR) is 71.8 cm³/mol. The molecular weight excluding hydrogens is 218 g/mol. The second-order valence-electron chi connectivity index (χ2n) is 4.15. The van der Waals surface area contributed by atoms with Crippen molar-refractivity contribution in [1.29, 1.82) is 0 Å². The van der Waals surface area contributed by atoms with Crippen molar-refractivity contribution in [2.75, 3.05) is 5.75 Å². The Hall–Kier alpha value is -0.480. The van der Waals surface area contributed by atoms with Crippen LogP contribution in [-0.2, 0) is 13.0 Å². The first kappa shape index (κ1) is 13.6. The second kappa shape index (κ2) is 6.97. The van der Waals surface area contributed by atoms with Gasteiger partial charge in [-0.05, 0) is 13.3 Å². The summed E-state index contributed by atoms with van der Waals surface area (Å²) in [6, 6.07) is 0.215. The molecule has 0 aliphatic carbocycles. The third-order valence-corrected chi connectivity index (χ3v) is 4.28. The zero-order chi connectivity index (χ0) is 12.0. The van der Waals surface area contributed by atoms with Crippen LogP contribution >= 0.6 is 11.8 Å². The lowest BCUT2D eigenvalue weighted by Gasteiger charge is -2.14. The van der Waals surface area contributed by atoms with Gasteiger partial charge in [-0.1, -0.05) is 13.8 Å². The van der Waals surface area contributed by atoms with E-state index in [1.807, 2.05) is 24.2 Å². The lowest BCUT2D eigenvalue weighted by Crippen LogP contribution is -2.28. The molecule has 0 saturated carbocycles. The molecule has 1 rings (SSSR count). The summed E-state index contributed by atoms with van der Waals surface area (Å²) in [6.07, 6.45) is 5.96. The summed E-state index contributed by atoms with van der Waals surface area (Å²) in [5.74, 6) is 2.13. The Kier molecular flexibility index (Phi) is 5.91. The van der Waals surface area contributed by atoms with Crippen molar-refractivity contribution in [3.63, 3.8) is 0 Å². The van der Waals surface area contributed by atoms with Gasteiger partial charge in [-0.2, -0.15) is 11.8 Å². The predicted octanol–water partition coefficient (Wildman–Crippen LogP) is 2.30. The third-order valence-electron chi connectivity index (χ3n) is 2.76. The van der Waals surface area contributed by atoms with Gasteiger partial charge in [-0.15, -0.1) is 0 Å². The van der Waals surface area contributed by atoms with Crippen molar-refractivity contribution in [3.05, 3.63) is 18.2 Å². The van der Waals surface area contributed by atoms with Gasteiger partial charge in [0.2, 0.25) is 0 Å². The minimum atomic E-state index is 0.215. The highest BCUT2D eigenvalue weighted by atomic mass is 32.2. The van der Waals surface area contributed by atoms with Crippen molar-refractivity contribution in [3.8, 4) is 0 Å². The zero-order valence-corrected chi connectivity index (χ0v) is 11.3. The first-order valence-electron chi connectivity index (χ1n) is 6.04. The Bertz CT molecular complexity index is 298. The normalized spacial score (nSPS) is 15.0. The monoisotopic (exact) mass is 241 g/mol. The van der Waals surface area contributed by atoms with Gasteiger partial charge < -0.3 is 10.3 Å². The molecule has 0 spiro atoms. The number of hydrogen-bond donors (Lipinski definition) is 1. The Labute approximate surface area is 103 Å². The van der Waals surface area contributed by atoms with Crippen LogP contribution in [0.1, 0.15) is 33.0 Å². The largest absolute Gasteiger partial charge is 0.335 e. The molecule has 0 aromatic carbocycles.